The smallest absolute Gasteiger partial charge is 0.203 e. The van der Waals surface area contributed by atoms with E-state index in [0.29, 0.717) is 11.7 Å². The zero-order chi connectivity index (χ0) is 10.8. The second-order valence-corrected chi connectivity index (χ2v) is 4.44. The average Bonchev–Trinajstić information content (AvgIpc) is 2.64. The molecule has 0 aromatic carbocycles. The van der Waals surface area contributed by atoms with Crippen molar-refractivity contribution in [2.45, 2.75) is 32.6 Å². The number of hydrogen-bond donors (Lipinski definition) is 0. The van der Waals surface area contributed by atoms with E-state index in [0.717, 1.165) is 12.8 Å². The third-order valence-corrected chi connectivity index (χ3v) is 3.38. The van der Waals surface area contributed by atoms with Crippen LogP contribution in [-0.2, 0) is 7.05 Å². The van der Waals surface area contributed by atoms with Crippen molar-refractivity contribution in [1.29, 1.82) is 0 Å². The van der Waals surface area contributed by atoms with Gasteiger partial charge in [-0.05, 0) is 12.3 Å². The zero-order valence-corrected chi connectivity index (χ0v) is 9.31. The van der Waals surface area contributed by atoms with Crippen LogP contribution in [0.5, 0.6) is 0 Å². The molecule has 0 N–H and O–H groups in total. The van der Waals surface area contributed by atoms with Crippen LogP contribution in [0.3, 0.4) is 0 Å². The largest absolute Gasteiger partial charge is 0.290 e. The Morgan fingerprint density at radius 3 is 2.80 bits per heavy atom. The van der Waals surface area contributed by atoms with Crippen LogP contribution in [0.15, 0.2) is 6.33 Å². The first kappa shape index (κ1) is 10.3. The van der Waals surface area contributed by atoms with Crippen LogP contribution >= 0.6 is 0 Å². The lowest BCUT2D eigenvalue weighted by atomic mass is 9.78. The van der Waals surface area contributed by atoms with E-state index in [9.17, 15) is 4.79 Å². The Kier molecular flexibility index (Phi) is 2.84. The summed E-state index contributed by atoms with van der Waals surface area (Å²) in [6.45, 7) is 2.16. The second-order valence-electron chi connectivity index (χ2n) is 4.44. The molecule has 1 heterocycles. The topological polar surface area (TPSA) is 47.8 Å². The molecule has 1 aliphatic carbocycles. The van der Waals surface area contributed by atoms with E-state index in [1.54, 1.807) is 11.7 Å². The minimum absolute atomic E-state index is 0.154. The van der Waals surface area contributed by atoms with Crippen molar-refractivity contribution >= 4 is 5.78 Å². The molecule has 0 radical (unpaired) electrons. The minimum Gasteiger partial charge on any atom is -0.290 e. The number of carbonyl (C=O) groups is 1. The number of carbonyl (C=O) groups excluding carboxylic acids is 1. The summed E-state index contributed by atoms with van der Waals surface area (Å²) in [5.74, 6) is 1.32. The SMILES string of the molecule is CC1CCCCC1C(=O)c1ncnn1C. The third-order valence-electron chi connectivity index (χ3n) is 3.38. The highest BCUT2D eigenvalue weighted by molar-refractivity contribution is 5.94. The van der Waals surface area contributed by atoms with Gasteiger partial charge in [-0.3, -0.25) is 4.79 Å². The fourth-order valence-corrected chi connectivity index (χ4v) is 2.39. The Morgan fingerprint density at radius 2 is 2.20 bits per heavy atom. The van der Waals surface area contributed by atoms with Crippen LogP contribution in [0.1, 0.15) is 43.2 Å². The summed E-state index contributed by atoms with van der Waals surface area (Å²) in [5.41, 5.74) is 0. The number of nitrogens with zero attached hydrogens (tertiary/aromatic N) is 3. The molecular formula is C11H17N3O. The molecule has 0 aliphatic heterocycles. The first-order valence-electron chi connectivity index (χ1n) is 5.58. The summed E-state index contributed by atoms with van der Waals surface area (Å²) in [7, 11) is 1.77. The summed E-state index contributed by atoms with van der Waals surface area (Å²) < 4.78 is 1.57. The maximum Gasteiger partial charge on any atom is 0.203 e. The summed E-state index contributed by atoms with van der Waals surface area (Å²) in [6, 6.07) is 0. The lowest BCUT2D eigenvalue weighted by Crippen LogP contribution is -2.27. The molecule has 0 amide bonds. The molecule has 0 spiro atoms. The van der Waals surface area contributed by atoms with Crippen molar-refractivity contribution in [3.63, 3.8) is 0 Å². The van der Waals surface area contributed by atoms with E-state index in [2.05, 4.69) is 17.0 Å². The van der Waals surface area contributed by atoms with E-state index in [-0.39, 0.29) is 11.7 Å². The highest BCUT2D eigenvalue weighted by Gasteiger charge is 2.30. The van der Waals surface area contributed by atoms with Crippen molar-refractivity contribution < 1.29 is 4.79 Å². The Morgan fingerprint density at radius 1 is 1.47 bits per heavy atom. The molecule has 1 aliphatic rings. The van der Waals surface area contributed by atoms with Gasteiger partial charge >= 0.3 is 0 Å². The summed E-state index contributed by atoms with van der Waals surface area (Å²) in [6.07, 6.45) is 6.03. The first-order chi connectivity index (χ1) is 7.20. The Labute approximate surface area is 89.7 Å². The first-order valence-corrected chi connectivity index (χ1v) is 5.58. The molecule has 15 heavy (non-hydrogen) atoms. The maximum absolute atomic E-state index is 12.2. The van der Waals surface area contributed by atoms with E-state index >= 15 is 0 Å². The molecule has 1 fully saturated rings. The van der Waals surface area contributed by atoms with Gasteiger partial charge in [0.05, 0.1) is 0 Å². The number of rotatable bonds is 2. The third kappa shape index (κ3) is 1.94. The molecular weight excluding hydrogens is 190 g/mol. The number of hydrogen-bond acceptors (Lipinski definition) is 3. The number of aromatic nitrogens is 3. The Balaban J connectivity index is 2.17. The lowest BCUT2D eigenvalue weighted by Gasteiger charge is -2.26. The standard InChI is InChI=1S/C11H17N3O/c1-8-5-3-4-6-9(8)10(15)11-12-7-13-14(11)2/h7-9H,3-6H2,1-2H3. The monoisotopic (exact) mass is 207 g/mol. The Bertz CT molecular complexity index is 358. The zero-order valence-electron chi connectivity index (χ0n) is 9.31. The number of ketones is 1. The summed E-state index contributed by atoms with van der Waals surface area (Å²) in [4.78, 5) is 16.2. The molecule has 1 aromatic heterocycles. The van der Waals surface area contributed by atoms with Crippen LogP contribution in [0.2, 0.25) is 0 Å². The van der Waals surface area contributed by atoms with Gasteiger partial charge < -0.3 is 0 Å². The van der Waals surface area contributed by atoms with Gasteiger partial charge in [-0.25, -0.2) is 9.67 Å². The van der Waals surface area contributed by atoms with Gasteiger partial charge in [0.1, 0.15) is 6.33 Å². The second kappa shape index (κ2) is 4.13. The predicted octanol–water partition coefficient (Wildman–Crippen LogP) is 1.82. The normalized spacial score (nSPS) is 26.5. The van der Waals surface area contributed by atoms with Crippen LogP contribution in [0.25, 0.3) is 0 Å². The fourth-order valence-electron chi connectivity index (χ4n) is 2.39. The molecule has 0 bridgehead atoms. The van der Waals surface area contributed by atoms with E-state index < -0.39 is 0 Å². The molecule has 82 valence electrons. The highest BCUT2D eigenvalue weighted by Crippen LogP contribution is 2.31. The van der Waals surface area contributed by atoms with Crippen LogP contribution in [0, 0.1) is 11.8 Å². The number of aryl methyl sites for hydroxylation is 1. The van der Waals surface area contributed by atoms with Gasteiger partial charge in [-0.1, -0.05) is 26.2 Å². The average molecular weight is 207 g/mol. The molecule has 2 unspecified atom stereocenters. The molecule has 1 saturated carbocycles. The lowest BCUT2D eigenvalue weighted by molar-refractivity contribution is 0.0821. The Hall–Kier alpha value is -1.19. The summed E-state index contributed by atoms with van der Waals surface area (Å²) >= 11 is 0. The molecule has 0 saturated heterocycles. The number of Topliss-reactive ketones (excluding diaryl/α,β-unsaturated/α-hetero) is 1. The molecule has 2 rings (SSSR count). The predicted molar refractivity (Wildman–Crippen MR) is 56.5 cm³/mol. The van der Waals surface area contributed by atoms with Crippen LogP contribution < -0.4 is 0 Å². The maximum atomic E-state index is 12.2. The van der Waals surface area contributed by atoms with Crippen LogP contribution in [-0.4, -0.2) is 20.5 Å². The minimum atomic E-state index is 0.154. The molecule has 2 atom stereocenters. The highest BCUT2D eigenvalue weighted by atomic mass is 16.1. The van der Waals surface area contributed by atoms with Gasteiger partial charge in [0, 0.05) is 13.0 Å². The van der Waals surface area contributed by atoms with Crippen molar-refractivity contribution in [3.05, 3.63) is 12.2 Å². The van der Waals surface area contributed by atoms with E-state index in [1.165, 1.54) is 19.2 Å². The van der Waals surface area contributed by atoms with E-state index in [1.807, 2.05) is 0 Å². The van der Waals surface area contributed by atoms with Crippen LogP contribution in [0.4, 0.5) is 0 Å². The molecule has 4 nitrogen and oxygen atoms in total. The van der Waals surface area contributed by atoms with Gasteiger partial charge in [0.25, 0.3) is 0 Å². The van der Waals surface area contributed by atoms with Crippen molar-refractivity contribution in [1.82, 2.24) is 14.8 Å². The molecule has 1 aromatic rings. The fraction of sp³-hybridized carbons (Fsp3) is 0.727. The van der Waals surface area contributed by atoms with Gasteiger partial charge in [-0.15, -0.1) is 0 Å². The van der Waals surface area contributed by atoms with Gasteiger partial charge in [0.2, 0.25) is 5.78 Å². The van der Waals surface area contributed by atoms with Crippen molar-refractivity contribution in [2.75, 3.05) is 0 Å². The van der Waals surface area contributed by atoms with Gasteiger partial charge in [0.15, 0.2) is 5.82 Å². The van der Waals surface area contributed by atoms with E-state index in [4.69, 9.17) is 0 Å². The summed E-state index contributed by atoms with van der Waals surface area (Å²) in [5, 5.41) is 3.94. The van der Waals surface area contributed by atoms with Crippen molar-refractivity contribution in [2.24, 2.45) is 18.9 Å². The molecule has 4 heteroatoms. The quantitative estimate of drug-likeness (QED) is 0.695. The van der Waals surface area contributed by atoms with Gasteiger partial charge in [-0.2, -0.15) is 5.10 Å². The van der Waals surface area contributed by atoms with Crippen molar-refractivity contribution in [3.8, 4) is 0 Å².